The summed E-state index contributed by atoms with van der Waals surface area (Å²) in [6, 6.07) is 9.51. The first kappa shape index (κ1) is 26.8. The molecule has 0 radical (unpaired) electrons. The van der Waals surface area contributed by atoms with Crippen molar-refractivity contribution in [1.82, 2.24) is 30.4 Å². The van der Waals surface area contributed by atoms with E-state index in [1.165, 1.54) is 0 Å². The van der Waals surface area contributed by atoms with Gasteiger partial charge in [-0.3, -0.25) is 14.7 Å². The predicted molar refractivity (Wildman–Crippen MR) is 143 cm³/mol. The van der Waals surface area contributed by atoms with Gasteiger partial charge in [0.25, 0.3) is 5.91 Å². The third kappa shape index (κ3) is 8.43. The first-order chi connectivity index (χ1) is 15.6. The minimum atomic E-state index is 0. The largest absolute Gasteiger partial charge is 0.356 e. The molecule has 0 atom stereocenters. The van der Waals surface area contributed by atoms with Crippen LogP contribution >= 0.6 is 24.0 Å². The molecule has 0 saturated carbocycles. The van der Waals surface area contributed by atoms with Gasteiger partial charge in [0.2, 0.25) is 5.95 Å². The average Bonchev–Trinajstić information content (AvgIpc) is 2.84. The van der Waals surface area contributed by atoms with Crippen molar-refractivity contribution in [1.29, 1.82) is 0 Å². The topological polar surface area (TPSA) is 89.0 Å². The average molecular weight is 566 g/mol. The second kappa shape index (κ2) is 13.9. The molecule has 0 spiro atoms. The van der Waals surface area contributed by atoms with E-state index in [4.69, 9.17) is 0 Å². The summed E-state index contributed by atoms with van der Waals surface area (Å²) in [5, 5.41) is 6.71. The number of amides is 1. The van der Waals surface area contributed by atoms with Gasteiger partial charge in [-0.1, -0.05) is 12.1 Å². The molecular formula is C23H35IN8O. The lowest BCUT2D eigenvalue weighted by Gasteiger charge is -2.34. The number of carbonyl (C=O) groups is 1. The van der Waals surface area contributed by atoms with E-state index in [9.17, 15) is 4.79 Å². The number of hydrogen-bond acceptors (Lipinski definition) is 6. The maximum absolute atomic E-state index is 12.0. The van der Waals surface area contributed by atoms with Crippen molar-refractivity contribution in [3.05, 3.63) is 53.9 Å². The number of anilines is 1. The first-order valence-electron chi connectivity index (χ1n) is 11.1. The number of nitrogens with one attached hydrogen (secondary N) is 2. The molecule has 3 rings (SSSR count). The molecule has 0 bridgehead atoms. The Morgan fingerprint density at radius 1 is 1.06 bits per heavy atom. The molecule has 10 heteroatoms. The van der Waals surface area contributed by atoms with Crippen molar-refractivity contribution in [3.8, 4) is 0 Å². The number of halogens is 1. The van der Waals surface area contributed by atoms with E-state index >= 15 is 0 Å². The van der Waals surface area contributed by atoms with Crippen LogP contribution in [0.15, 0.2) is 47.7 Å². The van der Waals surface area contributed by atoms with Gasteiger partial charge in [-0.25, -0.2) is 9.97 Å². The van der Waals surface area contributed by atoms with E-state index in [1.54, 1.807) is 38.4 Å². The molecule has 33 heavy (non-hydrogen) atoms. The maximum Gasteiger partial charge on any atom is 0.253 e. The monoisotopic (exact) mass is 566 g/mol. The van der Waals surface area contributed by atoms with Crippen LogP contribution in [0.1, 0.15) is 22.3 Å². The molecule has 2 aromatic rings. The highest BCUT2D eigenvalue weighted by Gasteiger charge is 2.18. The third-order valence-corrected chi connectivity index (χ3v) is 5.44. The Hall–Kier alpha value is -2.47. The Morgan fingerprint density at radius 3 is 2.33 bits per heavy atom. The van der Waals surface area contributed by atoms with Gasteiger partial charge in [-0.15, -0.1) is 24.0 Å². The molecule has 180 valence electrons. The highest BCUT2D eigenvalue weighted by Crippen LogP contribution is 2.10. The van der Waals surface area contributed by atoms with Crippen molar-refractivity contribution >= 4 is 41.8 Å². The Labute approximate surface area is 213 Å². The van der Waals surface area contributed by atoms with E-state index in [0.29, 0.717) is 12.1 Å². The molecule has 1 saturated heterocycles. The van der Waals surface area contributed by atoms with Crippen molar-refractivity contribution in [2.75, 3.05) is 65.3 Å². The maximum atomic E-state index is 12.0. The standard InChI is InChI=1S/C23H34N8O.HI/c1-24-22(28-18-19-6-8-20(9-7-19)21(32)29(2)3)25-12-5-13-30-14-16-31(17-15-30)23-26-10-4-11-27-23;/h4,6-11H,5,12-18H2,1-3H3,(H2,24,25,28);1H. The molecule has 0 unspecified atom stereocenters. The SMILES string of the molecule is CN=C(NCCCN1CCN(c2ncccn2)CC1)NCc1ccc(C(=O)N(C)C)cc1.I. The lowest BCUT2D eigenvalue weighted by atomic mass is 10.1. The van der Waals surface area contributed by atoms with Gasteiger partial charge >= 0.3 is 0 Å². The van der Waals surface area contributed by atoms with Crippen molar-refractivity contribution in [2.45, 2.75) is 13.0 Å². The molecule has 9 nitrogen and oxygen atoms in total. The summed E-state index contributed by atoms with van der Waals surface area (Å²) in [5.41, 5.74) is 1.79. The number of nitrogens with zero attached hydrogens (tertiary/aromatic N) is 6. The number of aromatic nitrogens is 2. The van der Waals surface area contributed by atoms with Crippen LogP contribution < -0.4 is 15.5 Å². The van der Waals surface area contributed by atoms with Crippen LogP contribution in [-0.2, 0) is 6.54 Å². The summed E-state index contributed by atoms with van der Waals surface area (Å²) in [5.74, 6) is 1.61. The van der Waals surface area contributed by atoms with Crippen LogP contribution in [0, 0.1) is 0 Å². The smallest absolute Gasteiger partial charge is 0.253 e. The van der Waals surface area contributed by atoms with Crippen LogP contribution in [-0.4, -0.2) is 92.0 Å². The normalized spacial score (nSPS) is 14.4. The third-order valence-electron chi connectivity index (χ3n) is 5.44. The van der Waals surface area contributed by atoms with E-state index < -0.39 is 0 Å². The molecule has 2 heterocycles. The van der Waals surface area contributed by atoms with Crippen LogP contribution in [0.3, 0.4) is 0 Å². The summed E-state index contributed by atoms with van der Waals surface area (Å²) < 4.78 is 0. The molecule has 2 N–H and O–H groups in total. The van der Waals surface area contributed by atoms with Gasteiger partial charge in [0.05, 0.1) is 0 Å². The number of piperazine rings is 1. The zero-order valence-electron chi connectivity index (χ0n) is 19.7. The quantitative estimate of drug-likeness (QED) is 0.218. The fourth-order valence-corrected chi connectivity index (χ4v) is 3.57. The second-order valence-electron chi connectivity index (χ2n) is 7.98. The van der Waals surface area contributed by atoms with Crippen molar-refractivity contribution in [3.63, 3.8) is 0 Å². The lowest BCUT2D eigenvalue weighted by Crippen LogP contribution is -2.47. The van der Waals surface area contributed by atoms with E-state index in [0.717, 1.165) is 63.2 Å². The number of carbonyl (C=O) groups excluding carboxylic acids is 1. The highest BCUT2D eigenvalue weighted by molar-refractivity contribution is 14.0. The minimum Gasteiger partial charge on any atom is -0.356 e. The first-order valence-corrected chi connectivity index (χ1v) is 11.1. The van der Waals surface area contributed by atoms with Crippen LogP contribution in [0.2, 0.25) is 0 Å². The van der Waals surface area contributed by atoms with E-state index in [1.807, 2.05) is 30.3 Å². The summed E-state index contributed by atoms with van der Waals surface area (Å²) in [6.07, 6.45) is 4.63. The predicted octanol–water partition coefficient (Wildman–Crippen LogP) is 1.67. The van der Waals surface area contributed by atoms with Gasteiger partial charge < -0.3 is 20.4 Å². The second-order valence-corrected chi connectivity index (χ2v) is 7.98. The molecule has 1 aliphatic heterocycles. The molecule has 1 aliphatic rings. The van der Waals surface area contributed by atoms with Crippen LogP contribution in [0.5, 0.6) is 0 Å². The van der Waals surface area contributed by atoms with Crippen molar-refractivity contribution < 1.29 is 4.79 Å². The summed E-state index contributed by atoms with van der Waals surface area (Å²) >= 11 is 0. The summed E-state index contributed by atoms with van der Waals surface area (Å²) in [7, 11) is 5.29. The van der Waals surface area contributed by atoms with Crippen molar-refractivity contribution in [2.24, 2.45) is 4.99 Å². The zero-order valence-corrected chi connectivity index (χ0v) is 22.0. The van der Waals surface area contributed by atoms with E-state index in [-0.39, 0.29) is 29.9 Å². The van der Waals surface area contributed by atoms with Gasteiger partial charge in [-0.05, 0) is 36.7 Å². The molecule has 0 aliphatic carbocycles. The van der Waals surface area contributed by atoms with Crippen LogP contribution in [0.25, 0.3) is 0 Å². The Morgan fingerprint density at radius 2 is 1.73 bits per heavy atom. The van der Waals surface area contributed by atoms with Crippen LogP contribution in [0.4, 0.5) is 5.95 Å². The molecule has 1 aromatic heterocycles. The van der Waals surface area contributed by atoms with Gasteiger partial charge in [0, 0.05) is 78.4 Å². The number of aliphatic imine (C=N–C) groups is 1. The molecule has 1 aromatic carbocycles. The Bertz CT molecular complexity index is 868. The van der Waals surface area contributed by atoms with Gasteiger partial charge in [-0.2, -0.15) is 0 Å². The van der Waals surface area contributed by atoms with E-state index in [2.05, 4.69) is 35.4 Å². The molecular weight excluding hydrogens is 531 g/mol. The zero-order chi connectivity index (χ0) is 22.8. The summed E-state index contributed by atoms with van der Waals surface area (Å²) in [4.78, 5) is 31.3. The number of rotatable bonds is 8. The molecule has 1 fully saturated rings. The molecule has 1 amide bonds. The fraction of sp³-hybridized carbons (Fsp3) is 0.478. The Balaban J connectivity index is 0.00000385. The van der Waals surface area contributed by atoms with Gasteiger partial charge in [0.15, 0.2) is 5.96 Å². The fourth-order valence-electron chi connectivity index (χ4n) is 3.57. The lowest BCUT2D eigenvalue weighted by molar-refractivity contribution is 0.0827. The number of hydrogen-bond donors (Lipinski definition) is 2. The minimum absolute atomic E-state index is 0. The summed E-state index contributed by atoms with van der Waals surface area (Å²) in [6.45, 7) is 6.53. The Kier molecular flexibility index (Phi) is 11.3. The number of guanidine groups is 1. The highest BCUT2D eigenvalue weighted by atomic mass is 127. The van der Waals surface area contributed by atoms with Gasteiger partial charge in [0.1, 0.15) is 0 Å². The number of benzene rings is 1.